The van der Waals surface area contributed by atoms with E-state index >= 15 is 0 Å². The van der Waals surface area contributed by atoms with Gasteiger partial charge in [0.25, 0.3) is 0 Å². The number of carboxylic acids is 1. The molecule has 0 aliphatic carbocycles. The van der Waals surface area contributed by atoms with Gasteiger partial charge in [0.1, 0.15) is 0 Å². The summed E-state index contributed by atoms with van der Waals surface area (Å²) in [6.07, 6.45) is 3.47. The van der Waals surface area contributed by atoms with Crippen molar-refractivity contribution in [1.29, 1.82) is 0 Å². The molecule has 2 rings (SSSR count). The topological polar surface area (TPSA) is 80.9 Å². The monoisotopic (exact) mass is 308 g/mol. The highest BCUT2D eigenvalue weighted by atomic mass is 32.1. The second-order valence-corrected chi connectivity index (χ2v) is 6.02. The molecule has 0 bridgehead atoms. The van der Waals surface area contributed by atoms with Crippen molar-refractivity contribution < 1.29 is 9.90 Å². The number of hydrogen-bond donors (Lipinski definition) is 1. The van der Waals surface area contributed by atoms with Gasteiger partial charge in [0.05, 0.1) is 0 Å². The molecule has 2 heterocycles. The van der Waals surface area contributed by atoms with Crippen LogP contribution in [0.1, 0.15) is 43.8 Å². The quantitative estimate of drug-likeness (QED) is 0.810. The Morgan fingerprint density at radius 2 is 2.14 bits per heavy atom. The molecule has 1 N–H and O–H groups in total. The number of aromatic nitrogens is 4. The zero-order valence-corrected chi connectivity index (χ0v) is 13.1. The molecule has 0 radical (unpaired) electrons. The Morgan fingerprint density at radius 3 is 2.71 bits per heavy atom. The van der Waals surface area contributed by atoms with Crippen LogP contribution < -0.4 is 0 Å². The van der Waals surface area contributed by atoms with Gasteiger partial charge in [0.2, 0.25) is 0 Å². The summed E-state index contributed by atoms with van der Waals surface area (Å²) < 4.78 is 1.50. The normalized spacial score (nSPS) is 11.7. The fourth-order valence-corrected chi connectivity index (χ4v) is 3.26. The Morgan fingerprint density at radius 1 is 1.38 bits per heavy atom. The van der Waals surface area contributed by atoms with Crippen molar-refractivity contribution in [3.63, 3.8) is 0 Å². The minimum atomic E-state index is -1.04. The predicted molar refractivity (Wildman–Crippen MR) is 80.4 cm³/mol. The van der Waals surface area contributed by atoms with Gasteiger partial charge in [-0.25, -0.2) is 9.48 Å². The van der Waals surface area contributed by atoms with Gasteiger partial charge >= 0.3 is 5.97 Å². The molecule has 0 saturated carbocycles. The molecule has 114 valence electrons. The van der Waals surface area contributed by atoms with Gasteiger partial charge in [-0.15, -0.1) is 16.4 Å². The molecular weight excluding hydrogens is 288 g/mol. The van der Waals surface area contributed by atoms with Crippen molar-refractivity contribution >= 4 is 17.3 Å². The Labute approximate surface area is 127 Å². The maximum Gasteiger partial charge on any atom is 0.331 e. The Balaban J connectivity index is 2.12. The maximum atomic E-state index is 11.7. The van der Waals surface area contributed by atoms with Gasteiger partial charge in [0.15, 0.2) is 11.4 Å². The first kappa shape index (κ1) is 15.6. The van der Waals surface area contributed by atoms with Crippen LogP contribution >= 0.6 is 11.3 Å². The maximum absolute atomic E-state index is 11.7. The van der Waals surface area contributed by atoms with Gasteiger partial charge in [-0.3, -0.25) is 0 Å². The fraction of sp³-hybridized carbons (Fsp3) is 0.571. The van der Waals surface area contributed by atoms with Crippen LogP contribution in [-0.2, 0) is 23.2 Å². The lowest BCUT2D eigenvalue weighted by Gasteiger charge is -2.27. The van der Waals surface area contributed by atoms with E-state index in [0.717, 1.165) is 12.8 Å². The number of rotatable bonds is 8. The zero-order chi connectivity index (χ0) is 15.3. The first-order valence-electron chi connectivity index (χ1n) is 7.17. The number of carbonyl (C=O) groups is 1. The van der Waals surface area contributed by atoms with E-state index < -0.39 is 11.5 Å². The van der Waals surface area contributed by atoms with Crippen LogP contribution in [0, 0.1) is 0 Å². The van der Waals surface area contributed by atoms with Crippen molar-refractivity contribution in [2.24, 2.45) is 0 Å². The van der Waals surface area contributed by atoms with Crippen molar-refractivity contribution in [1.82, 2.24) is 20.2 Å². The summed E-state index contributed by atoms with van der Waals surface area (Å²) in [5.74, 6) is -0.225. The molecule has 0 aliphatic rings. The summed E-state index contributed by atoms with van der Waals surface area (Å²) in [6, 6.07) is 4.14. The molecule has 2 aromatic rings. The highest BCUT2D eigenvalue weighted by Crippen LogP contribution is 2.26. The number of hydrogen-bond acceptors (Lipinski definition) is 5. The fourth-order valence-electron chi connectivity index (χ4n) is 2.51. The highest BCUT2D eigenvalue weighted by molar-refractivity contribution is 7.09. The van der Waals surface area contributed by atoms with Gasteiger partial charge < -0.3 is 5.11 Å². The average molecular weight is 308 g/mol. The second-order valence-electron chi connectivity index (χ2n) is 4.98. The van der Waals surface area contributed by atoms with Gasteiger partial charge in [0, 0.05) is 11.3 Å². The molecule has 0 saturated heterocycles. The van der Waals surface area contributed by atoms with Crippen molar-refractivity contribution in [3.8, 4) is 0 Å². The number of nitrogens with zero attached hydrogens (tertiary/aromatic N) is 4. The average Bonchev–Trinajstić information content (AvgIpc) is 3.13. The SMILES string of the molecule is CCC(CC)(C(=O)O)n1nnnc1CCCc1cccs1. The lowest BCUT2D eigenvalue weighted by Crippen LogP contribution is -2.42. The van der Waals surface area contributed by atoms with E-state index in [-0.39, 0.29) is 0 Å². The van der Waals surface area contributed by atoms with Crippen LogP contribution in [0.4, 0.5) is 0 Å². The summed E-state index contributed by atoms with van der Waals surface area (Å²) in [4.78, 5) is 13.0. The first-order chi connectivity index (χ1) is 10.1. The molecule has 2 aromatic heterocycles. The summed E-state index contributed by atoms with van der Waals surface area (Å²) in [5.41, 5.74) is -1.04. The summed E-state index contributed by atoms with van der Waals surface area (Å²) in [6.45, 7) is 3.71. The van der Waals surface area contributed by atoms with Crippen LogP contribution in [-0.4, -0.2) is 31.3 Å². The third-order valence-electron chi connectivity index (χ3n) is 3.91. The third kappa shape index (κ3) is 3.12. The molecule has 0 aromatic carbocycles. The number of thiophene rings is 1. The summed E-state index contributed by atoms with van der Waals surface area (Å²) >= 11 is 1.73. The smallest absolute Gasteiger partial charge is 0.331 e. The van der Waals surface area contributed by atoms with Crippen LogP contribution in [0.3, 0.4) is 0 Å². The Bertz CT molecular complexity index is 576. The van der Waals surface area contributed by atoms with Gasteiger partial charge in [-0.05, 0) is 47.6 Å². The number of aliphatic carboxylic acids is 1. The minimum Gasteiger partial charge on any atom is -0.479 e. The summed E-state index contributed by atoms with van der Waals surface area (Å²) in [7, 11) is 0. The van der Waals surface area contributed by atoms with Crippen LogP contribution in [0.5, 0.6) is 0 Å². The van der Waals surface area contributed by atoms with E-state index in [1.807, 2.05) is 19.9 Å². The predicted octanol–water partition coefficient (Wildman–Crippen LogP) is 2.51. The van der Waals surface area contributed by atoms with E-state index in [9.17, 15) is 9.90 Å². The lowest BCUT2D eigenvalue weighted by atomic mass is 9.93. The van der Waals surface area contributed by atoms with Crippen molar-refractivity contribution in [2.75, 3.05) is 0 Å². The van der Waals surface area contributed by atoms with Gasteiger partial charge in [-0.1, -0.05) is 19.9 Å². The van der Waals surface area contributed by atoms with E-state index in [1.54, 1.807) is 11.3 Å². The van der Waals surface area contributed by atoms with Crippen molar-refractivity contribution in [2.45, 2.75) is 51.5 Å². The van der Waals surface area contributed by atoms with Crippen molar-refractivity contribution in [3.05, 3.63) is 28.2 Å². The van der Waals surface area contributed by atoms with E-state index in [2.05, 4.69) is 27.0 Å². The molecule has 21 heavy (non-hydrogen) atoms. The molecule has 6 nitrogen and oxygen atoms in total. The van der Waals surface area contributed by atoms with E-state index in [4.69, 9.17) is 0 Å². The van der Waals surface area contributed by atoms with Crippen LogP contribution in [0.25, 0.3) is 0 Å². The minimum absolute atomic E-state index is 0.460. The Hall–Kier alpha value is -1.76. The van der Waals surface area contributed by atoms with Crippen LogP contribution in [0.15, 0.2) is 17.5 Å². The molecular formula is C14H20N4O2S. The third-order valence-corrected chi connectivity index (χ3v) is 4.85. The van der Waals surface area contributed by atoms with Crippen LogP contribution in [0.2, 0.25) is 0 Å². The standard InChI is InChI=1S/C14H20N4O2S/c1-3-14(4-2,13(19)20)18-12(15-16-17-18)9-5-7-11-8-6-10-21-11/h6,8,10H,3-5,7,9H2,1-2H3,(H,19,20). The second kappa shape index (κ2) is 6.80. The number of tetrazole rings is 1. The number of aryl methyl sites for hydroxylation is 2. The van der Waals surface area contributed by atoms with E-state index in [0.29, 0.717) is 25.1 Å². The number of carboxylic acid groups (broad SMARTS) is 1. The molecule has 7 heteroatoms. The lowest BCUT2D eigenvalue weighted by molar-refractivity contribution is -0.148. The zero-order valence-electron chi connectivity index (χ0n) is 12.3. The molecule has 0 fully saturated rings. The summed E-state index contributed by atoms with van der Waals surface area (Å²) in [5, 5.41) is 23.3. The molecule has 0 unspecified atom stereocenters. The first-order valence-corrected chi connectivity index (χ1v) is 8.05. The Kier molecular flexibility index (Phi) is 5.06. The highest BCUT2D eigenvalue weighted by Gasteiger charge is 2.40. The largest absolute Gasteiger partial charge is 0.479 e. The molecule has 0 amide bonds. The molecule has 0 atom stereocenters. The molecule has 0 aliphatic heterocycles. The van der Waals surface area contributed by atoms with E-state index in [1.165, 1.54) is 9.56 Å². The molecule has 0 spiro atoms. The van der Waals surface area contributed by atoms with Gasteiger partial charge in [-0.2, -0.15) is 0 Å².